The largest absolute Gasteiger partial charge is 0.496 e. The molecular formula is C16H21N5O2S. The number of thiocarbonyl (C=S) groups is 1. The summed E-state index contributed by atoms with van der Waals surface area (Å²) < 4.78 is 5.34. The number of ether oxygens (including phenoxy) is 1. The third-order valence-corrected chi connectivity index (χ3v) is 4.61. The Hall–Kier alpha value is -2.35. The van der Waals surface area contributed by atoms with E-state index < -0.39 is 0 Å². The number of para-hydroxylation sites is 1. The van der Waals surface area contributed by atoms with Crippen molar-refractivity contribution in [2.24, 2.45) is 5.10 Å². The van der Waals surface area contributed by atoms with Crippen molar-refractivity contribution in [3.63, 3.8) is 0 Å². The molecule has 0 bridgehead atoms. The zero-order valence-electron chi connectivity index (χ0n) is 14.0. The number of amides is 2. The number of likely N-dealkylation sites (N-methyl/N-ethyl adjacent to an activating group) is 2. The van der Waals surface area contributed by atoms with E-state index in [1.165, 1.54) is 0 Å². The second kappa shape index (κ2) is 6.64. The number of nitrogens with one attached hydrogen (secondary N) is 1. The SMILES string of the molecule is CCN1C(=O)N(CC)C2C1NC(=S)N2/N=C/c1ccccc1OC. The van der Waals surface area contributed by atoms with Crippen molar-refractivity contribution >= 4 is 29.6 Å². The van der Waals surface area contributed by atoms with Crippen molar-refractivity contribution in [2.75, 3.05) is 20.2 Å². The lowest BCUT2D eigenvalue weighted by Gasteiger charge is -2.25. The van der Waals surface area contributed by atoms with Crippen LogP contribution in [0, 0.1) is 0 Å². The first-order valence-corrected chi connectivity index (χ1v) is 8.37. The molecule has 2 atom stereocenters. The fourth-order valence-corrected chi connectivity index (χ4v) is 3.41. The Labute approximate surface area is 146 Å². The van der Waals surface area contributed by atoms with Gasteiger partial charge in [-0.15, -0.1) is 0 Å². The predicted molar refractivity (Wildman–Crippen MR) is 95.9 cm³/mol. The van der Waals surface area contributed by atoms with Gasteiger partial charge in [-0.05, 0) is 38.2 Å². The molecule has 1 aromatic carbocycles. The molecule has 0 aromatic heterocycles. The number of rotatable bonds is 5. The minimum Gasteiger partial charge on any atom is -0.496 e. The Morgan fingerprint density at radius 2 is 2.00 bits per heavy atom. The van der Waals surface area contributed by atoms with Crippen LogP contribution in [0.15, 0.2) is 29.4 Å². The Kier molecular flexibility index (Phi) is 4.57. The number of hydrogen-bond donors (Lipinski definition) is 1. The molecule has 2 unspecified atom stereocenters. The van der Waals surface area contributed by atoms with Gasteiger partial charge in [0, 0.05) is 18.7 Å². The van der Waals surface area contributed by atoms with E-state index in [2.05, 4.69) is 10.4 Å². The minimum atomic E-state index is -0.235. The van der Waals surface area contributed by atoms with Gasteiger partial charge in [-0.3, -0.25) is 4.90 Å². The average molecular weight is 347 g/mol. The van der Waals surface area contributed by atoms with Crippen molar-refractivity contribution in [1.82, 2.24) is 20.1 Å². The van der Waals surface area contributed by atoms with E-state index in [9.17, 15) is 4.79 Å². The first-order valence-electron chi connectivity index (χ1n) is 7.96. The van der Waals surface area contributed by atoms with Crippen LogP contribution in [-0.2, 0) is 0 Å². The van der Waals surface area contributed by atoms with Crippen LogP contribution in [0.5, 0.6) is 5.75 Å². The molecule has 2 fully saturated rings. The van der Waals surface area contributed by atoms with Crippen molar-refractivity contribution in [3.05, 3.63) is 29.8 Å². The van der Waals surface area contributed by atoms with Gasteiger partial charge in [-0.1, -0.05) is 12.1 Å². The Morgan fingerprint density at radius 3 is 2.67 bits per heavy atom. The normalized spacial score (nSPS) is 23.2. The quantitative estimate of drug-likeness (QED) is 0.648. The van der Waals surface area contributed by atoms with E-state index in [-0.39, 0.29) is 18.4 Å². The average Bonchev–Trinajstić information content (AvgIpc) is 3.04. The highest BCUT2D eigenvalue weighted by Gasteiger charge is 2.53. The fourth-order valence-electron chi connectivity index (χ4n) is 3.13. The smallest absolute Gasteiger partial charge is 0.323 e. The Bertz CT molecular complexity index is 680. The maximum absolute atomic E-state index is 12.5. The predicted octanol–water partition coefficient (Wildman–Crippen LogP) is 1.65. The summed E-state index contributed by atoms with van der Waals surface area (Å²) in [6.07, 6.45) is 1.30. The summed E-state index contributed by atoms with van der Waals surface area (Å²) in [7, 11) is 1.62. The molecule has 0 radical (unpaired) electrons. The van der Waals surface area contributed by atoms with Gasteiger partial charge in [0.15, 0.2) is 11.3 Å². The number of benzene rings is 1. The van der Waals surface area contributed by atoms with E-state index in [1.807, 2.05) is 38.1 Å². The molecule has 2 amide bonds. The van der Waals surface area contributed by atoms with Crippen LogP contribution < -0.4 is 10.1 Å². The molecule has 1 aromatic rings. The summed E-state index contributed by atoms with van der Waals surface area (Å²) in [6, 6.07) is 7.62. The summed E-state index contributed by atoms with van der Waals surface area (Å²) >= 11 is 5.42. The zero-order chi connectivity index (χ0) is 17.3. The number of urea groups is 1. The zero-order valence-corrected chi connectivity index (χ0v) is 14.8. The number of hydrazone groups is 1. The molecule has 2 saturated heterocycles. The van der Waals surface area contributed by atoms with Crippen LogP contribution in [0.1, 0.15) is 19.4 Å². The molecular weight excluding hydrogens is 326 g/mol. The van der Waals surface area contributed by atoms with E-state index in [1.54, 1.807) is 28.1 Å². The molecule has 2 heterocycles. The standard InChI is InChI=1S/C16H21N5O2S/c1-4-19-13-14(20(5-2)16(19)22)21(15(24)18-13)17-10-11-8-6-7-9-12(11)23-3/h6-10,13-14H,4-5H2,1-3H3,(H,18,24)/b17-10+. The van der Waals surface area contributed by atoms with Gasteiger partial charge in [-0.25, -0.2) is 9.80 Å². The lowest BCUT2D eigenvalue weighted by molar-refractivity contribution is 0.157. The second-order valence-electron chi connectivity index (χ2n) is 5.49. The fraction of sp³-hybridized carbons (Fsp3) is 0.438. The van der Waals surface area contributed by atoms with Crippen LogP contribution >= 0.6 is 12.2 Å². The highest BCUT2D eigenvalue weighted by atomic mass is 32.1. The van der Waals surface area contributed by atoms with Gasteiger partial charge in [0.1, 0.15) is 11.9 Å². The highest BCUT2D eigenvalue weighted by Crippen LogP contribution is 2.29. The van der Waals surface area contributed by atoms with Crippen LogP contribution in [0.2, 0.25) is 0 Å². The third kappa shape index (κ3) is 2.56. The molecule has 1 N–H and O–H groups in total. The van der Waals surface area contributed by atoms with Crippen molar-refractivity contribution in [1.29, 1.82) is 0 Å². The molecule has 24 heavy (non-hydrogen) atoms. The molecule has 2 aliphatic rings. The number of hydrogen-bond acceptors (Lipinski definition) is 4. The molecule has 3 rings (SSSR count). The van der Waals surface area contributed by atoms with Crippen molar-refractivity contribution in [3.8, 4) is 5.75 Å². The van der Waals surface area contributed by atoms with Gasteiger partial charge >= 0.3 is 6.03 Å². The Morgan fingerprint density at radius 1 is 1.29 bits per heavy atom. The first kappa shape index (κ1) is 16.5. The second-order valence-corrected chi connectivity index (χ2v) is 5.88. The van der Waals surface area contributed by atoms with E-state index in [4.69, 9.17) is 17.0 Å². The van der Waals surface area contributed by atoms with Crippen molar-refractivity contribution in [2.45, 2.75) is 26.2 Å². The molecule has 2 aliphatic heterocycles. The molecule has 0 aliphatic carbocycles. The number of carbonyl (C=O) groups excluding carboxylic acids is 1. The maximum Gasteiger partial charge on any atom is 0.323 e. The van der Waals surface area contributed by atoms with Crippen LogP contribution in [0.3, 0.4) is 0 Å². The van der Waals surface area contributed by atoms with Crippen LogP contribution in [0.4, 0.5) is 4.79 Å². The van der Waals surface area contributed by atoms with Gasteiger partial charge in [-0.2, -0.15) is 5.10 Å². The summed E-state index contributed by atoms with van der Waals surface area (Å²) in [5.41, 5.74) is 0.853. The molecule has 128 valence electrons. The van der Waals surface area contributed by atoms with Gasteiger partial charge in [0.25, 0.3) is 0 Å². The number of carbonyl (C=O) groups is 1. The lowest BCUT2D eigenvalue weighted by Crippen LogP contribution is -2.43. The summed E-state index contributed by atoms with van der Waals surface area (Å²) in [4.78, 5) is 16.0. The topological polar surface area (TPSA) is 60.4 Å². The molecule has 7 nitrogen and oxygen atoms in total. The van der Waals surface area contributed by atoms with Gasteiger partial charge in [0.05, 0.1) is 13.3 Å². The summed E-state index contributed by atoms with van der Waals surface area (Å²) in [5.74, 6) is 0.737. The van der Waals surface area contributed by atoms with Gasteiger partial charge in [0.2, 0.25) is 0 Å². The highest BCUT2D eigenvalue weighted by molar-refractivity contribution is 7.80. The number of methoxy groups -OCH3 is 1. The minimum absolute atomic E-state index is 0.00231. The van der Waals surface area contributed by atoms with E-state index in [0.717, 1.165) is 11.3 Å². The van der Waals surface area contributed by atoms with Crippen LogP contribution in [0.25, 0.3) is 0 Å². The maximum atomic E-state index is 12.5. The lowest BCUT2D eigenvalue weighted by atomic mass is 10.2. The number of nitrogens with zero attached hydrogens (tertiary/aromatic N) is 4. The van der Waals surface area contributed by atoms with Gasteiger partial charge < -0.3 is 15.0 Å². The number of fused-ring (bicyclic) bond motifs is 1. The van der Waals surface area contributed by atoms with Crippen LogP contribution in [-0.4, -0.2) is 64.7 Å². The first-order chi connectivity index (χ1) is 11.6. The van der Waals surface area contributed by atoms with E-state index >= 15 is 0 Å². The molecule has 0 saturated carbocycles. The third-order valence-electron chi connectivity index (χ3n) is 4.30. The molecule has 0 spiro atoms. The molecule has 8 heteroatoms. The van der Waals surface area contributed by atoms with Crippen molar-refractivity contribution < 1.29 is 9.53 Å². The van der Waals surface area contributed by atoms with E-state index in [0.29, 0.717) is 18.2 Å². The Balaban J connectivity index is 1.89. The monoisotopic (exact) mass is 347 g/mol. The summed E-state index contributed by atoms with van der Waals surface area (Å²) in [6.45, 7) is 5.13. The summed E-state index contributed by atoms with van der Waals surface area (Å²) in [5, 5.41) is 9.95.